The van der Waals surface area contributed by atoms with Gasteiger partial charge in [0.2, 0.25) is 0 Å². The summed E-state index contributed by atoms with van der Waals surface area (Å²) in [4.78, 5) is 27.1. The van der Waals surface area contributed by atoms with Crippen molar-refractivity contribution in [2.24, 2.45) is 11.1 Å². The normalized spacial score (nSPS) is 11.2. The lowest BCUT2D eigenvalue weighted by atomic mass is 9.93. The van der Waals surface area contributed by atoms with E-state index in [0.29, 0.717) is 24.3 Å². The maximum atomic E-state index is 13.9. The van der Waals surface area contributed by atoms with E-state index >= 15 is 0 Å². The molecule has 27 heavy (non-hydrogen) atoms. The number of amides is 2. The second-order valence-corrected chi connectivity index (χ2v) is 7.46. The molecule has 0 aliphatic heterocycles. The minimum atomic E-state index is -0.613. The second-order valence-electron chi connectivity index (χ2n) is 7.46. The molecule has 2 rings (SSSR count). The van der Waals surface area contributed by atoms with Crippen molar-refractivity contribution in [2.75, 3.05) is 25.5 Å². The number of hydrogen-bond acceptors (Lipinski definition) is 3. The van der Waals surface area contributed by atoms with Crippen molar-refractivity contribution in [3.8, 4) is 0 Å². The summed E-state index contributed by atoms with van der Waals surface area (Å²) >= 11 is 0. The monoisotopic (exact) mass is 371 g/mol. The van der Waals surface area contributed by atoms with Crippen molar-refractivity contribution in [2.45, 2.75) is 20.8 Å². The Balaban J connectivity index is 2.32. The number of aryl methyl sites for hydroxylation is 1. The predicted molar refractivity (Wildman–Crippen MR) is 105 cm³/mol. The average molecular weight is 371 g/mol. The highest BCUT2D eigenvalue weighted by Crippen LogP contribution is 2.24. The molecule has 0 aromatic heterocycles. The van der Waals surface area contributed by atoms with E-state index in [4.69, 9.17) is 5.73 Å². The fraction of sp³-hybridized carbons (Fsp3) is 0.333. The summed E-state index contributed by atoms with van der Waals surface area (Å²) in [6.07, 6.45) is 0. The molecule has 0 heterocycles. The Morgan fingerprint density at radius 1 is 1.11 bits per heavy atom. The van der Waals surface area contributed by atoms with Crippen LogP contribution in [0.1, 0.15) is 40.1 Å². The molecular weight excluding hydrogens is 345 g/mol. The summed E-state index contributed by atoms with van der Waals surface area (Å²) in [5, 5.41) is 2.70. The molecule has 5 nitrogen and oxygen atoms in total. The third-order valence-corrected chi connectivity index (χ3v) is 4.42. The smallest absolute Gasteiger partial charge is 0.258 e. The molecule has 6 heteroatoms. The quantitative estimate of drug-likeness (QED) is 0.817. The molecule has 2 amide bonds. The van der Waals surface area contributed by atoms with Gasteiger partial charge in [-0.25, -0.2) is 4.39 Å². The average Bonchev–Trinajstić information content (AvgIpc) is 2.62. The van der Waals surface area contributed by atoms with Crippen LogP contribution in [-0.2, 0) is 0 Å². The number of nitrogens with zero attached hydrogens (tertiary/aromatic N) is 1. The van der Waals surface area contributed by atoms with Crippen molar-refractivity contribution in [3.05, 3.63) is 65.0 Å². The van der Waals surface area contributed by atoms with E-state index in [9.17, 15) is 14.0 Å². The third-order valence-electron chi connectivity index (χ3n) is 4.42. The maximum absolute atomic E-state index is 13.9. The van der Waals surface area contributed by atoms with Crippen LogP contribution in [0.3, 0.4) is 0 Å². The van der Waals surface area contributed by atoms with Gasteiger partial charge < -0.3 is 16.0 Å². The summed E-state index contributed by atoms with van der Waals surface area (Å²) in [5.74, 6) is -1.44. The Hall–Kier alpha value is -2.73. The minimum Gasteiger partial charge on any atom is -0.341 e. The first-order valence-electron chi connectivity index (χ1n) is 8.77. The number of anilines is 1. The summed E-state index contributed by atoms with van der Waals surface area (Å²) < 4.78 is 13.9. The van der Waals surface area contributed by atoms with Gasteiger partial charge in [-0.1, -0.05) is 38.1 Å². The van der Waals surface area contributed by atoms with Crippen LogP contribution in [0.4, 0.5) is 10.1 Å². The van der Waals surface area contributed by atoms with Crippen LogP contribution in [-0.4, -0.2) is 36.9 Å². The lowest BCUT2D eigenvalue weighted by Crippen LogP contribution is -2.40. The van der Waals surface area contributed by atoms with Crippen LogP contribution >= 0.6 is 0 Å². The van der Waals surface area contributed by atoms with E-state index < -0.39 is 11.7 Å². The van der Waals surface area contributed by atoms with Gasteiger partial charge in [0.15, 0.2) is 0 Å². The number of carbonyl (C=O) groups is 2. The fourth-order valence-electron chi connectivity index (χ4n) is 2.82. The minimum absolute atomic E-state index is 0.0724. The van der Waals surface area contributed by atoms with E-state index in [-0.39, 0.29) is 16.9 Å². The zero-order valence-corrected chi connectivity index (χ0v) is 16.2. The molecule has 0 aliphatic rings. The maximum Gasteiger partial charge on any atom is 0.258 e. The number of benzene rings is 2. The molecule has 0 unspecified atom stereocenters. The Labute approximate surface area is 159 Å². The van der Waals surface area contributed by atoms with Crippen LogP contribution in [0.15, 0.2) is 42.5 Å². The number of nitrogens with two attached hydrogens (primary N) is 1. The topological polar surface area (TPSA) is 75.4 Å². The van der Waals surface area contributed by atoms with Gasteiger partial charge in [-0.05, 0) is 42.6 Å². The van der Waals surface area contributed by atoms with Crippen LogP contribution in [0.2, 0.25) is 0 Å². The molecule has 0 atom stereocenters. The van der Waals surface area contributed by atoms with E-state index in [1.54, 1.807) is 43.1 Å². The molecule has 3 N–H and O–H groups in total. The van der Waals surface area contributed by atoms with Crippen molar-refractivity contribution < 1.29 is 14.0 Å². The van der Waals surface area contributed by atoms with Gasteiger partial charge in [-0.2, -0.15) is 0 Å². The van der Waals surface area contributed by atoms with Crippen LogP contribution in [0, 0.1) is 18.2 Å². The van der Waals surface area contributed by atoms with Gasteiger partial charge in [0.25, 0.3) is 11.8 Å². The first-order valence-corrected chi connectivity index (χ1v) is 8.77. The summed E-state index contributed by atoms with van der Waals surface area (Å²) in [5.41, 5.74) is 6.92. The van der Waals surface area contributed by atoms with Gasteiger partial charge in [0.1, 0.15) is 5.82 Å². The number of hydrogen-bond donors (Lipinski definition) is 2. The fourth-order valence-corrected chi connectivity index (χ4v) is 2.82. The molecular formula is C21H26FN3O2. The van der Waals surface area contributed by atoms with Crippen molar-refractivity contribution in [1.82, 2.24) is 4.90 Å². The number of carbonyl (C=O) groups excluding carboxylic acids is 2. The van der Waals surface area contributed by atoms with Gasteiger partial charge in [0, 0.05) is 13.6 Å². The highest BCUT2D eigenvalue weighted by atomic mass is 19.1. The lowest BCUT2D eigenvalue weighted by Gasteiger charge is -2.29. The Morgan fingerprint density at radius 3 is 2.37 bits per heavy atom. The molecule has 144 valence electrons. The van der Waals surface area contributed by atoms with E-state index in [1.165, 1.54) is 18.2 Å². The summed E-state index contributed by atoms with van der Waals surface area (Å²) in [6, 6.07) is 10.9. The van der Waals surface area contributed by atoms with E-state index in [1.807, 2.05) is 13.8 Å². The Kier molecular flexibility index (Phi) is 6.33. The van der Waals surface area contributed by atoms with Gasteiger partial charge in [-0.15, -0.1) is 0 Å². The number of nitrogens with one attached hydrogen (secondary N) is 1. The summed E-state index contributed by atoms with van der Waals surface area (Å²) in [7, 11) is 1.70. The van der Waals surface area contributed by atoms with Gasteiger partial charge >= 0.3 is 0 Å². The number of para-hydroxylation sites is 1. The van der Waals surface area contributed by atoms with Crippen LogP contribution in [0.5, 0.6) is 0 Å². The molecule has 2 aromatic rings. The molecule has 0 saturated heterocycles. The van der Waals surface area contributed by atoms with Gasteiger partial charge in [-0.3, -0.25) is 9.59 Å². The van der Waals surface area contributed by atoms with Crippen LogP contribution < -0.4 is 11.1 Å². The molecule has 0 spiro atoms. The second kappa shape index (κ2) is 8.31. The zero-order chi connectivity index (χ0) is 20.2. The van der Waals surface area contributed by atoms with Crippen LogP contribution in [0.25, 0.3) is 0 Å². The number of halogens is 1. The highest BCUT2D eigenvalue weighted by Gasteiger charge is 2.24. The first-order chi connectivity index (χ1) is 12.7. The lowest BCUT2D eigenvalue weighted by molar-refractivity contribution is 0.0741. The molecule has 0 saturated carbocycles. The highest BCUT2D eigenvalue weighted by molar-refractivity contribution is 6.09. The van der Waals surface area contributed by atoms with Crippen molar-refractivity contribution >= 4 is 17.5 Å². The zero-order valence-electron chi connectivity index (χ0n) is 16.2. The molecule has 0 radical (unpaired) electrons. The van der Waals surface area contributed by atoms with E-state index in [0.717, 1.165) is 5.56 Å². The Bertz CT molecular complexity index is 849. The largest absolute Gasteiger partial charge is 0.341 e. The third kappa shape index (κ3) is 4.92. The van der Waals surface area contributed by atoms with E-state index in [2.05, 4.69) is 5.32 Å². The SMILES string of the molecule is Cc1cccc(C(=O)N(C)CC(C)(C)CN)c1NC(=O)c1ccccc1F. The molecule has 2 aromatic carbocycles. The van der Waals surface area contributed by atoms with Crippen molar-refractivity contribution in [1.29, 1.82) is 0 Å². The van der Waals surface area contributed by atoms with Crippen molar-refractivity contribution in [3.63, 3.8) is 0 Å². The molecule has 0 aliphatic carbocycles. The Morgan fingerprint density at radius 2 is 1.74 bits per heavy atom. The molecule has 0 fully saturated rings. The summed E-state index contributed by atoms with van der Waals surface area (Å²) in [6.45, 7) is 6.66. The molecule has 0 bridgehead atoms. The number of rotatable bonds is 6. The predicted octanol–water partition coefficient (Wildman–Crippen LogP) is 3.44. The first kappa shape index (κ1) is 20.6. The standard InChI is InChI=1S/C21H26FN3O2/c1-14-8-7-10-16(20(27)25(4)13-21(2,3)12-23)18(14)24-19(26)15-9-5-6-11-17(15)22/h5-11H,12-13,23H2,1-4H3,(H,24,26). The van der Waals surface area contributed by atoms with Gasteiger partial charge in [0.05, 0.1) is 16.8 Å².